The van der Waals surface area contributed by atoms with Gasteiger partial charge in [-0.3, -0.25) is 14.4 Å². The highest BCUT2D eigenvalue weighted by Gasteiger charge is 2.19. The van der Waals surface area contributed by atoms with Gasteiger partial charge in [0.1, 0.15) is 13.2 Å². The molecule has 0 aromatic heterocycles. The van der Waals surface area contributed by atoms with Crippen LogP contribution in [-0.4, -0.2) is 37.2 Å². The van der Waals surface area contributed by atoms with Crippen LogP contribution in [0.1, 0.15) is 329 Å². The number of unbranched alkanes of at least 4 members (excludes halogenated alkanes) is 37. The van der Waals surface area contributed by atoms with E-state index in [1.807, 2.05) is 0 Å². The average Bonchev–Trinajstić information content (AvgIpc) is 3.39. The largest absolute Gasteiger partial charge is 0.462 e. The number of ether oxygens (including phenoxy) is 3. The fraction of sp³-hybridized carbons (Fsp3) is 0.806. The van der Waals surface area contributed by atoms with Crippen LogP contribution in [0.2, 0.25) is 0 Å². The van der Waals surface area contributed by atoms with Crippen molar-refractivity contribution >= 4 is 17.9 Å². The summed E-state index contributed by atoms with van der Waals surface area (Å²) in [5.74, 6) is -0.929. The first-order valence-corrected chi connectivity index (χ1v) is 31.8. The van der Waals surface area contributed by atoms with E-state index in [1.54, 1.807) is 0 Å². The van der Waals surface area contributed by atoms with Gasteiger partial charge in [0.05, 0.1) is 0 Å². The Balaban J connectivity index is 4.40. The molecule has 0 bridgehead atoms. The van der Waals surface area contributed by atoms with Crippen molar-refractivity contribution in [1.82, 2.24) is 0 Å². The van der Waals surface area contributed by atoms with E-state index in [0.717, 1.165) is 64.2 Å². The predicted octanol–water partition coefficient (Wildman–Crippen LogP) is 21.6. The Bertz CT molecular complexity index is 1310. The number of hydrogen-bond donors (Lipinski definition) is 0. The van der Waals surface area contributed by atoms with Gasteiger partial charge in [-0.1, -0.05) is 287 Å². The highest BCUT2D eigenvalue weighted by atomic mass is 16.6. The van der Waals surface area contributed by atoms with Gasteiger partial charge < -0.3 is 14.2 Å². The number of esters is 3. The summed E-state index contributed by atoms with van der Waals surface area (Å²) in [5.41, 5.74) is 0. The van der Waals surface area contributed by atoms with E-state index in [0.29, 0.717) is 19.3 Å². The number of allylic oxidation sites excluding steroid dienone is 10. The Hall–Kier alpha value is -2.89. The van der Waals surface area contributed by atoms with E-state index in [1.165, 1.54) is 218 Å². The zero-order valence-corrected chi connectivity index (χ0v) is 48.7. The SMILES string of the molecule is CCCCC/C=C\C/C=C\C/C=C\C/C=C\CCCC(=O)OC[C@H](COC(=O)CCCCCCCCCCCCCCCCCCC)OC(=O)CCCCCCCCCCCCC/C=C\CCCCCCCC. The van der Waals surface area contributed by atoms with Gasteiger partial charge in [-0.25, -0.2) is 0 Å². The Morgan fingerprint density at radius 2 is 0.507 bits per heavy atom. The molecular formula is C67H120O6. The minimum atomic E-state index is -0.795. The molecule has 0 aliphatic carbocycles. The van der Waals surface area contributed by atoms with Crippen LogP contribution in [0.25, 0.3) is 0 Å². The van der Waals surface area contributed by atoms with E-state index < -0.39 is 6.10 Å². The molecule has 0 aromatic carbocycles. The first kappa shape index (κ1) is 70.1. The maximum absolute atomic E-state index is 12.9. The van der Waals surface area contributed by atoms with Crippen molar-refractivity contribution in [3.63, 3.8) is 0 Å². The molecule has 0 heterocycles. The molecule has 0 aromatic rings. The van der Waals surface area contributed by atoms with Gasteiger partial charge in [-0.2, -0.15) is 0 Å². The fourth-order valence-electron chi connectivity index (χ4n) is 9.20. The molecule has 1 atom stereocenters. The van der Waals surface area contributed by atoms with E-state index in [9.17, 15) is 14.4 Å². The van der Waals surface area contributed by atoms with E-state index in [-0.39, 0.29) is 37.5 Å². The Morgan fingerprint density at radius 3 is 0.863 bits per heavy atom. The predicted molar refractivity (Wildman–Crippen MR) is 316 cm³/mol. The molecule has 0 unspecified atom stereocenters. The van der Waals surface area contributed by atoms with Crippen LogP contribution in [0.3, 0.4) is 0 Å². The number of carbonyl (C=O) groups is 3. The van der Waals surface area contributed by atoms with E-state index >= 15 is 0 Å². The zero-order valence-electron chi connectivity index (χ0n) is 48.7. The molecule has 0 saturated carbocycles. The molecular weight excluding hydrogens is 901 g/mol. The van der Waals surface area contributed by atoms with Crippen molar-refractivity contribution in [2.75, 3.05) is 13.2 Å². The normalized spacial score (nSPS) is 12.4. The average molecular weight is 1020 g/mol. The summed E-state index contributed by atoms with van der Waals surface area (Å²) in [7, 11) is 0. The molecule has 6 nitrogen and oxygen atoms in total. The number of rotatable bonds is 58. The molecule has 0 amide bonds. The summed E-state index contributed by atoms with van der Waals surface area (Å²) >= 11 is 0. The first-order valence-electron chi connectivity index (χ1n) is 31.8. The number of hydrogen-bond acceptors (Lipinski definition) is 6. The van der Waals surface area contributed by atoms with Crippen LogP contribution in [0.15, 0.2) is 60.8 Å². The van der Waals surface area contributed by atoms with Crippen molar-refractivity contribution in [2.24, 2.45) is 0 Å². The lowest BCUT2D eigenvalue weighted by molar-refractivity contribution is -0.167. The van der Waals surface area contributed by atoms with E-state index in [4.69, 9.17) is 14.2 Å². The van der Waals surface area contributed by atoms with Crippen LogP contribution < -0.4 is 0 Å². The van der Waals surface area contributed by atoms with E-state index in [2.05, 4.69) is 81.5 Å². The lowest BCUT2D eigenvalue weighted by atomic mass is 10.0. The van der Waals surface area contributed by atoms with Crippen molar-refractivity contribution in [1.29, 1.82) is 0 Å². The minimum absolute atomic E-state index is 0.0879. The fourth-order valence-corrected chi connectivity index (χ4v) is 9.20. The number of carbonyl (C=O) groups excluding carboxylic acids is 3. The van der Waals surface area contributed by atoms with Gasteiger partial charge in [0.25, 0.3) is 0 Å². The van der Waals surface area contributed by atoms with Gasteiger partial charge in [-0.15, -0.1) is 0 Å². The molecule has 0 rings (SSSR count). The second-order valence-electron chi connectivity index (χ2n) is 21.3. The van der Waals surface area contributed by atoms with Crippen LogP contribution in [0.4, 0.5) is 0 Å². The topological polar surface area (TPSA) is 78.9 Å². The molecule has 0 fully saturated rings. The van der Waals surface area contributed by atoms with Crippen LogP contribution in [-0.2, 0) is 28.6 Å². The van der Waals surface area contributed by atoms with Gasteiger partial charge in [0.15, 0.2) is 6.10 Å². The van der Waals surface area contributed by atoms with Crippen LogP contribution in [0.5, 0.6) is 0 Å². The lowest BCUT2D eigenvalue weighted by Crippen LogP contribution is -2.30. The summed E-state index contributed by atoms with van der Waals surface area (Å²) in [4.78, 5) is 38.3. The molecule has 0 saturated heterocycles. The third kappa shape index (κ3) is 59.9. The summed E-state index contributed by atoms with van der Waals surface area (Å²) < 4.78 is 16.9. The quantitative estimate of drug-likeness (QED) is 0.0261. The summed E-state index contributed by atoms with van der Waals surface area (Å²) in [5, 5.41) is 0. The van der Waals surface area contributed by atoms with Gasteiger partial charge in [-0.05, 0) is 83.5 Å². The van der Waals surface area contributed by atoms with Crippen molar-refractivity contribution in [3.8, 4) is 0 Å². The van der Waals surface area contributed by atoms with Crippen molar-refractivity contribution < 1.29 is 28.6 Å². The second-order valence-corrected chi connectivity index (χ2v) is 21.3. The Morgan fingerprint density at radius 1 is 0.274 bits per heavy atom. The molecule has 0 aliphatic heterocycles. The van der Waals surface area contributed by atoms with Crippen LogP contribution in [0, 0.1) is 0 Å². The molecule has 0 aliphatic rings. The Labute approximate surface area is 453 Å². The molecule has 424 valence electrons. The first-order chi connectivity index (χ1) is 36.0. The van der Waals surface area contributed by atoms with Crippen LogP contribution >= 0.6 is 0 Å². The molecule has 6 heteroatoms. The smallest absolute Gasteiger partial charge is 0.306 e. The van der Waals surface area contributed by atoms with Crippen molar-refractivity contribution in [2.45, 2.75) is 335 Å². The molecule has 73 heavy (non-hydrogen) atoms. The highest BCUT2D eigenvalue weighted by molar-refractivity contribution is 5.71. The lowest BCUT2D eigenvalue weighted by Gasteiger charge is -2.18. The third-order valence-corrected chi connectivity index (χ3v) is 14.0. The summed E-state index contributed by atoms with van der Waals surface area (Å²) in [6.07, 6.45) is 78.0. The zero-order chi connectivity index (χ0) is 52.9. The standard InChI is InChI=1S/C67H120O6/c1-4-7-10-13-16-19-22-25-28-31-32-33-34-37-40-43-46-49-52-55-58-61-67(70)73-64(62-71-65(68)59-56-53-50-47-44-41-38-35-29-26-23-20-17-14-11-8-5-2)63-72-66(69)60-57-54-51-48-45-42-39-36-30-27-24-21-18-15-12-9-6-3/h17,20,25-26,28-29,38,41,47,50,64H,4-16,18-19,21-24,27,30-37,39-40,42-46,48-49,51-63H2,1-3H3/b20-17-,28-25-,29-26-,41-38-,50-47-/t64-/m1/s1. The molecule has 0 spiro atoms. The summed E-state index contributed by atoms with van der Waals surface area (Å²) in [6, 6.07) is 0. The third-order valence-electron chi connectivity index (χ3n) is 14.0. The molecule has 0 N–H and O–H groups in total. The summed E-state index contributed by atoms with van der Waals surface area (Å²) in [6.45, 7) is 6.61. The van der Waals surface area contributed by atoms with Gasteiger partial charge >= 0.3 is 17.9 Å². The minimum Gasteiger partial charge on any atom is -0.462 e. The monoisotopic (exact) mass is 1020 g/mol. The van der Waals surface area contributed by atoms with Gasteiger partial charge in [0.2, 0.25) is 0 Å². The maximum atomic E-state index is 12.9. The van der Waals surface area contributed by atoms with Gasteiger partial charge in [0, 0.05) is 19.3 Å². The maximum Gasteiger partial charge on any atom is 0.306 e. The highest BCUT2D eigenvalue weighted by Crippen LogP contribution is 2.17. The Kier molecular flexibility index (Phi) is 59.2. The molecule has 0 radical (unpaired) electrons. The van der Waals surface area contributed by atoms with Crippen molar-refractivity contribution in [3.05, 3.63) is 60.8 Å². The second kappa shape index (κ2) is 61.7.